The minimum absolute atomic E-state index is 0.0516. The Kier molecular flexibility index (Phi) is 3.29. The molecule has 1 amide bonds. The molecule has 3 aromatic rings. The van der Waals surface area contributed by atoms with E-state index in [-0.39, 0.29) is 11.9 Å². The number of rotatable bonds is 3. The number of carbonyl (C=O) groups excluding carboxylic acids is 1. The van der Waals surface area contributed by atoms with Gasteiger partial charge in [0, 0.05) is 25.4 Å². The number of aryl methyl sites for hydroxylation is 1. The van der Waals surface area contributed by atoms with Gasteiger partial charge in [-0.15, -0.1) is 10.2 Å². The van der Waals surface area contributed by atoms with E-state index >= 15 is 0 Å². The summed E-state index contributed by atoms with van der Waals surface area (Å²) in [6.45, 7) is 1.46. The number of hydrogen-bond donors (Lipinski definition) is 0. The second-order valence-corrected chi connectivity index (χ2v) is 5.84. The maximum Gasteiger partial charge on any atom is 0.254 e. The highest BCUT2D eigenvalue weighted by atomic mass is 16.2. The van der Waals surface area contributed by atoms with Gasteiger partial charge >= 0.3 is 0 Å². The standard InChI is InChI=1S/C15H17N7O/c1-20-14-9-11(4-5-13(14)17-19-20)15(23)22-7-2-3-12(22)10-21-8-6-16-18-21/h4-6,8-9,12H,2-3,7,10H2,1H3/t12-/m0/s1. The first-order valence-corrected chi connectivity index (χ1v) is 7.67. The second kappa shape index (κ2) is 5.45. The fourth-order valence-corrected chi connectivity index (χ4v) is 3.17. The first kappa shape index (κ1) is 13.9. The zero-order valence-corrected chi connectivity index (χ0v) is 12.8. The molecule has 0 unspecified atom stereocenters. The number of fused-ring (bicyclic) bond motifs is 1. The van der Waals surface area contributed by atoms with Crippen molar-refractivity contribution in [2.75, 3.05) is 6.54 Å². The normalized spacial score (nSPS) is 18.0. The number of amides is 1. The Morgan fingerprint density at radius 2 is 2.26 bits per heavy atom. The molecule has 118 valence electrons. The lowest BCUT2D eigenvalue weighted by molar-refractivity contribution is 0.0721. The summed E-state index contributed by atoms with van der Waals surface area (Å²) in [5.41, 5.74) is 2.33. The van der Waals surface area contributed by atoms with Crippen molar-refractivity contribution in [1.82, 2.24) is 34.9 Å². The van der Waals surface area contributed by atoms with E-state index in [9.17, 15) is 4.79 Å². The third-order valence-corrected chi connectivity index (χ3v) is 4.37. The molecule has 1 aliphatic rings. The summed E-state index contributed by atoms with van der Waals surface area (Å²) < 4.78 is 3.47. The van der Waals surface area contributed by atoms with Crippen LogP contribution in [0.2, 0.25) is 0 Å². The van der Waals surface area contributed by atoms with Crippen molar-refractivity contribution in [3.05, 3.63) is 36.2 Å². The van der Waals surface area contributed by atoms with Crippen LogP contribution in [0.1, 0.15) is 23.2 Å². The van der Waals surface area contributed by atoms with Crippen LogP contribution in [-0.4, -0.2) is 53.4 Å². The number of aromatic nitrogens is 6. The Morgan fingerprint density at radius 3 is 3.09 bits per heavy atom. The second-order valence-electron chi connectivity index (χ2n) is 5.84. The van der Waals surface area contributed by atoms with E-state index in [0.29, 0.717) is 12.1 Å². The highest BCUT2D eigenvalue weighted by Gasteiger charge is 2.30. The van der Waals surface area contributed by atoms with Crippen molar-refractivity contribution in [2.45, 2.75) is 25.4 Å². The van der Waals surface area contributed by atoms with Crippen molar-refractivity contribution in [2.24, 2.45) is 7.05 Å². The van der Waals surface area contributed by atoms with Crippen LogP contribution in [0.4, 0.5) is 0 Å². The molecule has 0 radical (unpaired) electrons. The van der Waals surface area contributed by atoms with E-state index in [1.165, 1.54) is 0 Å². The number of likely N-dealkylation sites (tertiary alicyclic amines) is 1. The van der Waals surface area contributed by atoms with Gasteiger partial charge in [-0.3, -0.25) is 9.48 Å². The smallest absolute Gasteiger partial charge is 0.254 e. The molecule has 1 aliphatic heterocycles. The first-order chi connectivity index (χ1) is 11.2. The number of carbonyl (C=O) groups is 1. The van der Waals surface area contributed by atoms with Crippen molar-refractivity contribution in [3.63, 3.8) is 0 Å². The molecule has 8 heteroatoms. The Bertz CT molecular complexity index is 839. The van der Waals surface area contributed by atoms with Gasteiger partial charge in [0.25, 0.3) is 5.91 Å². The van der Waals surface area contributed by atoms with Gasteiger partial charge < -0.3 is 4.90 Å². The first-order valence-electron chi connectivity index (χ1n) is 7.67. The number of nitrogens with zero attached hydrogens (tertiary/aromatic N) is 7. The van der Waals surface area contributed by atoms with Gasteiger partial charge in [0.1, 0.15) is 5.52 Å². The predicted octanol–water partition coefficient (Wildman–Crippen LogP) is 0.865. The van der Waals surface area contributed by atoms with E-state index in [1.807, 2.05) is 36.3 Å². The predicted molar refractivity (Wildman–Crippen MR) is 82.6 cm³/mol. The molecule has 0 saturated carbocycles. The van der Waals surface area contributed by atoms with Gasteiger partial charge in [0.05, 0.1) is 24.3 Å². The van der Waals surface area contributed by atoms with Crippen LogP contribution in [0.15, 0.2) is 30.6 Å². The molecule has 1 saturated heterocycles. The Balaban J connectivity index is 1.59. The van der Waals surface area contributed by atoms with Crippen LogP contribution >= 0.6 is 0 Å². The molecule has 8 nitrogen and oxygen atoms in total. The van der Waals surface area contributed by atoms with Crippen molar-refractivity contribution in [1.29, 1.82) is 0 Å². The summed E-state index contributed by atoms with van der Waals surface area (Å²) in [4.78, 5) is 14.8. The van der Waals surface area contributed by atoms with E-state index in [4.69, 9.17) is 0 Å². The summed E-state index contributed by atoms with van der Waals surface area (Å²) in [6, 6.07) is 5.69. The molecule has 0 aliphatic carbocycles. The molecule has 0 spiro atoms. The average Bonchev–Trinajstić information content (AvgIpc) is 3.29. The number of benzene rings is 1. The van der Waals surface area contributed by atoms with Crippen molar-refractivity contribution >= 4 is 16.9 Å². The Morgan fingerprint density at radius 1 is 1.35 bits per heavy atom. The molecule has 1 atom stereocenters. The van der Waals surface area contributed by atoms with Crippen LogP contribution in [0, 0.1) is 0 Å². The highest BCUT2D eigenvalue weighted by molar-refractivity contribution is 5.97. The van der Waals surface area contributed by atoms with Gasteiger partial charge in [-0.2, -0.15) is 0 Å². The van der Waals surface area contributed by atoms with Crippen LogP contribution in [0.5, 0.6) is 0 Å². The third-order valence-electron chi connectivity index (χ3n) is 4.37. The summed E-state index contributed by atoms with van der Waals surface area (Å²) in [6.07, 6.45) is 5.49. The fourth-order valence-electron chi connectivity index (χ4n) is 3.17. The van der Waals surface area contributed by atoms with Gasteiger partial charge in [-0.25, -0.2) is 4.68 Å². The monoisotopic (exact) mass is 311 g/mol. The van der Waals surface area contributed by atoms with E-state index in [1.54, 1.807) is 15.6 Å². The molecule has 2 aromatic heterocycles. The number of hydrogen-bond acceptors (Lipinski definition) is 5. The minimum atomic E-state index is 0.0516. The van der Waals surface area contributed by atoms with Crippen molar-refractivity contribution < 1.29 is 4.79 Å². The third kappa shape index (κ3) is 2.45. The zero-order chi connectivity index (χ0) is 15.8. The van der Waals surface area contributed by atoms with Gasteiger partial charge in [0.2, 0.25) is 0 Å². The van der Waals surface area contributed by atoms with Gasteiger partial charge in [-0.1, -0.05) is 10.4 Å². The zero-order valence-electron chi connectivity index (χ0n) is 12.8. The van der Waals surface area contributed by atoms with Crippen LogP contribution in [0.25, 0.3) is 11.0 Å². The Labute approximate surface area is 132 Å². The van der Waals surface area contributed by atoms with E-state index in [0.717, 1.165) is 30.4 Å². The molecule has 4 rings (SSSR count). The maximum atomic E-state index is 12.9. The van der Waals surface area contributed by atoms with Crippen molar-refractivity contribution in [3.8, 4) is 0 Å². The molecular weight excluding hydrogens is 294 g/mol. The topological polar surface area (TPSA) is 81.7 Å². The van der Waals surface area contributed by atoms with E-state index in [2.05, 4.69) is 20.6 Å². The summed E-state index contributed by atoms with van der Waals surface area (Å²) in [5.74, 6) is 0.0516. The van der Waals surface area contributed by atoms with Crippen LogP contribution in [-0.2, 0) is 13.6 Å². The average molecular weight is 311 g/mol. The summed E-state index contributed by atoms with van der Waals surface area (Å²) in [5, 5.41) is 15.9. The highest BCUT2D eigenvalue weighted by Crippen LogP contribution is 2.22. The molecule has 1 fully saturated rings. The lowest BCUT2D eigenvalue weighted by atomic mass is 10.1. The molecule has 23 heavy (non-hydrogen) atoms. The van der Waals surface area contributed by atoms with Gasteiger partial charge in [0.15, 0.2) is 0 Å². The molecule has 0 N–H and O–H groups in total. The lowest BCUT2D eigenvalue weighted by Gasteiger charge is -2.24. The quantitative estimate of drug-likeness (QED) is 0.716. The SMILES string of the molecule is Cn1nnc2ccc(C(=O)N3CCC[C@H]3Cn3ccnn3)cc21. The molecule has 0 bridgehead atoms. The van der Waals surface area contributed by atoms with E-state index < -0.39 is 0 Å². The molecule has 1 aromatic carbocycles. The Hall–Kier alpha value is -2.77. The summed E-state index contributed by atoms with van der Waals surface area (Å²) >= 11 is 0. The van der Waals surface area contributed by atoms with Crippen LogP contribution in [0.3, 0.4) is 0 Å². The largest absolute Gasteiger partial charge is 0.334 e. The molecule has 3 heterocycles. The summed E-state index contributed by atoms with van der Waals surface area (Å²) in [7, 11) is 1.83. The minimum Gasteiger partial charge on any atom is -0.334 e. The lowest BCUT2D eigenvalue weighted by Crippen LogP contribution is -2.38. The van der Waals surface area contributed by atoms with Crippen LogP contribution < -0.4 is 0 Å². The maximum absolute atomic E-state index is 12.9. The van der Waals surface area contributed by atoms with Gasteiger partial charge in [-0.05, 0) is 31.0 Å². The fraction of sp³-hybridized carbons (Fsp3) is 0.400. The molecular formula is C15H17N7O.